The fourth-order valence-electron chi connectivity index (χ4n) is 4.25. The Bertz CT molecular complexity index is 411. The summed E-state index contributed by atoms with van der Waals surface area (Å²) < 4.78 is 0. The van der Waals surface area contributed by atoms with Crippen LogP contribution in [0.4, 0.5) is 0 Å². The number of hydrogen-bond acceptors (Lipinski definition) is 2. The van der Waals surface area contributed by atoms with Crippen molar-refractivity contribution < 1.29 is 0 Å². The molecule has 3 unspecified atom stereocenters. The molecule has 2 fully saturated rings. The normalized spacial score (nSPS) is 32.1. The maximum atomic E-state index is 3.99. The van der Waals surface area contributed by atoms with E-state index in [0.29, 0.717) is 6.04 Å². The van der Waals surface area contributed by atoms with Crippen molar-refractivity contribution in [3.8, 4) is 0 Å². The number of likely N-dealkylation sites (tertiary alicyclic amines) is 1. The molecule has 20 heavy (non-hydrogen) atoms. The molecule has 1 aromatic heterocycles. The number of thiophene rings is 1. The van der Waals surface area contributed by atoms with Crippen LogP contribution in [0.15, 0.2) is 30.2 Å². The zero-order valence-electron chi connectivity index (χ0n) is 12.5. The quantitative estimate of drug-likeness (QED) is 0.670. The minimum atomic E-state index is 0.694. The average Bonchev–Trinajstić information content (AvgIpc) is 3.02. The van der Waals surface area contributed by atoms with Gasteiger partial charge in [-0.05, 0) is 56.0 Å². The Labute approximate surface area is 127 Å². The van der Waals surface area contributed by atoms with E-state index in [2.05, 4.69) is 35.1 Å². The van der Waals surface area contributed by atoms with Crippen molar-refractivity contribution in [2.24, 2.45) is 5.92 Å². The molecule has 0 bridgehead atoms. The molecule has 2 heteroatoms. The molecule has 2 aliphatic rings. The fraction of sp³-hybridized carbons (Fsp3) is 0.667. The predicted octanol–water partition coefficient (Wildman–Crippen LogP) is 5.41. The van der Waals surface area contributed by atoms with Gasteiger partial charge in [0.15, 0.2) is 0 Å². The van der Waals surface area contributed by atoms with Gasteiger partial charge in [0.1, 0.15) is 0 Å². The lowest BCUT2D eigenvalue weighted by Crippen LogP contribution is -2.46. The lowest BCUT2D eigenvalue weighted by Gasteiger charge is -2.46. The van der Waals surface area contributed by atoms with Crippen molar-refractivity contribution in [3.63, 3.8) is 0 Å². The molecule has 0 radical (unpaired) electrons. The van der Waals surface area contributed by atoms with Crippen LogP contribution in [0.25, 0.3) is 0 Å². The number of rotatable bonds is 4. The summed E-state index contributed by atoms with van der Waals surface area (Å²) in [6, 6.07) is 6.06. The van der Waals surface area contributed by atoms with Gasteiger partial charge >= 0.3 is 0 Å². The maximum Gasteiger partial charge on any atom is 0.0444 e. The van der Waals surface area contributed by atoms with Gasteiger partial charge < -0.3 is 0 Å². The third-order valence-electron chi connectivity index (χ3n) is 5.18. The molecule has 1 aliphatic heterocycles. The van der Waals surface area contributed by atoms with Crippen LogP contribution < -0.4 is 0 Å². The topological polar surface area (TPSA) is 3.24 Å². The smallest absolute Gasteiger partial charge is 0.0444 e. The van der Waals surface area contributed by atoms with Gasteiger partial charge in [-0.2, -0.15) is 0 Å². The van der Waals surface area contributed by atoms with Crippen LogP contribution in [0, 0.1) is 5.92 Å². The van der Waals surface area contributed by atoms with E-state index < -0.39 is 0 Å². The first-order valence-corrected chi connectivity index (χ1v) is 9.18. The van der Waals surface area contributed by atoms with Gasteiger partial charge in [0, 0.05) is 17.0 Å². The van der Waals surface area contributed by atoms with E-state index in [1.807, 2.05) is 11.3 Å². The first-order valence-electron chi connectivity index (χ1n) is 8.30. The highest BCUT2D eigenvalue weighted by molar-refractivity contribution is 7.10. The minimum absolute atomic E-state index is 0.694. The molecule has 0 spiro atoms. The van der Waals surface area contributed by atoms with Crippen molar-refractivity contribution >= 4 is 11.3 Å². The Morgan fingerprint density at radius 2 is 2.05 bits per heavy atom. The Balaban J connectivity index is 1.79. The Morgan fingerprint density at radius 3 is 2.85 bits per heavy atom. The summed E-state index contributed by atoms with van der Waals surface area (Å²) in [7, 11) is 0. The highest BCUT2D eigenvalue weighted by atomic mass is 32.1. The Kier molecular flexibility index (Phi) is 4.95. The highest BCUT2D eigenvalue weighted by Crippen LogP contribution is 2.40. The molecule has 3 rings (SSSR count). The minimum Gasteiger partial charge on any atom is -0.292 e. The largest absolute Gasteiger partial charge is 0.292 e. The van der Waals surface area contributed by atoms with Crippen LogP contribution in [-0.4, -0.2) is 17.5 Å². The van der Waals surface area contributed by atoms with Crippen LogP contribution >= 0.6 is 11.3 Å². The second kappa shape index (κ2) is 6.91. The molecule has 1 aliphatic carbocycles. The van der Waals surface area contributed by atoms with Gasteiger partial charge in [0.05, 0.1) is 0 Å². The van der Waals surface area contributed by atoms with Crippen LogP contribution in [0.5, 0.6) is 0 Å². The van der Waals surface area contributed by atoms with Crippen molar-refractivity contribution in [2.45, 2.75) is 63.5 Å². The van der Waals surface area contributed by atoms with Crippen molar-refractivity contribution in [1.82, 2.24) is 4.90 Å². The summed E-state index contributed by atoms with van der Waals surface area (Å²) in [5.41, 5.74) is 0. The van der Waals surface area contributed by atoms with E-state index in [0.717, 1.165) is 12.0 Å². The summed E-state index contributed by atoms with van der Waals surface area (Å²) in [5, 5.41) is 2.24. The molecule has 0 N–H and O–H groups in total. The fourth-order valence-corrected chi connectivity index (χ4v) is 5.13. The van der Waals surface area contributed by atoms with Crippen LogP contribution in [-0.2, 0) is 0 Å². The zero-order valence-corrected chi connectivity index (χ0v) is 13.3. The van der Waals surface area contributed by atoms with Crippen molar-refractivity contribution in [2.75, 3.05) is 6.54 Å². The third kappa shape index (κ3) is 3.01. The number of piperidine rings is 1. The van der Waals surface area contributed by atoms with Crippen LogP contribution in [0.2, 0.25) is 0 Å². The maximum absolute atomic E-state index is 3.99. The molecule has 3 atom stereocenters. The summed E-state index contributed by atoms with van der Waals surface area (Å²) in [4.78, 5) is 4.45. The molecular formula is C18H27NS. The highest BCUT2D eigenvalue weighted by Gasteiger charge is 2.35. The predicted molar refractivity (Wildman–Crippen MR) is 88.2 cm³/mol. The molecule has 0 amide bonds. The number of allylic oxidation sites excluding steroid dienone is 1. The van der Waals surface area contributed by atoms with Gasteiger partial charge in [0.25, 0.3) is 0 Å². The van der Waals surface area contributed by atoms with Gasteiger partial charge in [0.2, 0.25) is 0 Å². The molecule has 2 heterocycles. The summed E-state index contributed by atoms with van der Waals surface area (Å²) in [6.07, 6.45) is 13.2. The van der Waals surface area contributed by atoms with Gasteiger partial charge in [-0.15, -0.1) is 17.9 Å². The van der Waals surface area contributed by atoms with Crippen molar-refractivity contribution in [1.29, 1.82) is 0 Å². The van der Waals surface area contributed by atoms with E-state index in [4.69, 9.17) is 0 Å². The average molecular weight is 289 g/mol. The van der Waals surface area contributed by atoms with Gasteiger partial charge in [-0.1, -0.05) is 31.4 Å². The van der Waals surface area contributed by atoms with E-state index in [9.17, 15) is 0 Å². The van der Waals surface area contributed by atoms with Crippen molar-refractivity contribution in [3.05, 3.63) is 35.0 Å². The molecule has 1 saturated carbocycles. The molecule has 110 valence electrons. The molecule has 1 nitrogen and oxygen atoms in total. The van der Waals surface area contributed by atoms with Crippen LogP contribution in [0.3, 0.4) is 0 Å². The van der Waals surface area contributed by atoms with E-state index >= 15 is 0 Å². The van der Waals surface area contributed by atoms with E-state index in [1.54, 1.807) is 4.88 Å². The van der Waals surface area contributed by atoms with E-state index in [1.165, 1.54) is 57.9 Å². The lowest BCUT2D eigenvalue weighted by molar-refractivity contribution is 0.0399. The SMILES string of the molecule is C=CCC1CCCCC1N1CCCCC1c1cccs1. The standard InChI is InChI=1S/C18H27NS/c1-2-8-15-9-3-4-10-16(15)19-13-6-5-11-17(19)18-12-7-14-20-18/h2,7,12,14-17H,1,3-6,8-11,13H2. The second-order valence-corrected chi connectivity index (χ2v) is 7.38. The summed E-state index contributed by atoms with van der Waals surface area (Å²) >= 11 is 1.95. The van der Waals surface area contributed by atoms with Crippen LogP contribution in [0.1, 0.15) is 62.3 Å². The molecule has 1 saturated heterocycles. The monoisotopic (exact) mass is 289 g/mol. The molecule has 1 aromatic rings. The first-order chi connectivity index (χ1) is 9.90. The number of hydrogen-bond donors (Lipinski definition) is 0. The second-order valence-electron chi connectivity index (χ2n) is 6.40. The zero-order chi connectivity index (χ0) is 13.8. The summed E-state index contributed by atoms with van der Waals surface area (Å²) in [5.74, 6) is 0.849. The lowest BCUT2D eigenvalue weighted by atomic mass is 9.80. The Morgan fingerprint density at radius 1 is 1.20 bits per heavy atom. The van der Waals surface area contributed by atoms with Gasteiger partial charge in [-0.3, -0.25) is 4.90 Å². The summed E-state index contributed by atoms with van der Waals surface area (Å²) in [6.45, 7) is 5.29. The molecule has 0 aromatic carbocycles. The van der Waals surface area contributed by atoms with E-state index in [-0.39, 0.29) is 0 Å². The third-order valence-corrected chi connectivity index (χ3v) is 6.15. The van der Waals surface area contributed by atoms with Gasteiger partial charge in [-0.25, -0.2) is 0 Å². The first kappa shape index (κ1) is 14.3. The Hall–Kier alpha value is -0.600. The number of nitrogens with zero attached hydrogens (tertiary/aromatic N) is 1. The molecular weight excluding hydrogens is 262 g/mol.